The van der Waals surface area contributed by atoms with Crippen LogP contribution in [-0.2, 0) is 9.59 Å². The van der Waals surface area contributed by atoms with Crippen molar-refractivity contribution >= 4 is 11.8 Å². The summed E-state index contributed by atoms with van der Waals surface area (Å²) in [5.74, 6) is -2.20. The second-order valence-electron chi connectivity index (χ2n) is 5.39. The molecule has 0 radical (unpaired) electrons. The monoisotopic (exact) mass is 292 g/mol. The molecule has 2 saturated heterocycles. The van der Waals surface area contributed by atoms with Crippen molar-refractivity contribution in [2.45, 2.75) is 57.3 Å². The van der Waals surface area contributed by atoms with E-state index in [0.717, 1.165) is 19.3 Å². The smallest absolute Gasteiger partial charge is 0.338 e. The van der Waals surface area contributed by atoms with Gasteiger partial charge in [-0.3, -0.25) is 9.59 Å². The summed E-state index contributed by atoms with van der Waals surface area (Å²) in [6.07, 6.45) is -1.56. The molecule has 20 heavy (non-hydrogen) atoms. The fraction of sp³-hybridized carbons (Fsp3) is 0.846. The molecule has 2 heterocycles. The van der Waals surface area contributed by atoms with Crippen LogP contribution in [0.1, 0.15) is 39.0 Å². The highest BCUT2D eigenvalue weighted by Gasteiger charge is 2.48. The summed E-state index contributed by atoms with van der Waals surface area (Å²) < 4.78 is 37.6. The number of carbonyl (C=O) groups is 2. The van der Waals surface area contributed by atoms with Gasteiger partial charge in [-0.05, 0) is 32.1 Å². The van der Waals surface area contributed by atoms with Gasteiger partial charge in [0.05, 0.1) is 0 Å². The van der Waals surface area contributed by atoms with E-state index in [9.17, 15) is 22.8 Å². The molecule has 0 N–H and O–H groups in total. The average molecular weight is 292 g/mol. The van der Waals surface area contributed by atoms with Crippen LogP contribution in [0.4, 0.5) is 13.2 Å². The number of nitrogens with zero attached hydrogens (tertiary/aromatic N) is 2. The first-order valence-corrected chi connectivity index (χ1v) is 7.04. The Kier molecular flexibility index (Phi) is 4.25. The van der Waals surface area contributed by atoms with Crippen LogP contribution in [0, 0.1) is 0 Å². The Morgan fingerprint density at radius 3 is 2.30 bits per heavy atom. The van der Waals surface area contributed by atoms with E-state index in [0.29, 0.717) is 24.3 Å². The zero-order valence-electron chi connectivity index (χ0n) is 11.4. The van der Waals surface area contributed by atoms with E-state index in [-0.39, 0.29) is 18.5 Å². The van der Waals surface area contributed by atoms with Crippen LogP contribution in [0.15, 0.2) is 0 Å². The van der Waals surface area contributed by atoms with Crippen molar-refractivity contribution in [3.05, 3.63) is 0 Å². The van der Waals surface area contributed by atoms with Crippen LogP contribution in [0.3, 0.4) is 0 Å². The molecule has 0 aromatic carbocycles. The first-order valence-electron chi connectivity index (χ1n) is 7.04. The number of halogens is 3. The molecule has 2 atom stereocenters. The molecule has 0 aromatic rings. The molecule has 2 unspecified atom stereocenters. The van der Waals surface area contributed by atoms with Crippen molar-refractivity contribution in [2.24, 2.45) is 0 Å². The minimum Gasteiger partial charge on any atom is -0.338 e. The molecular formula is C13H19F3N2O2. The molecule has 2 fully saturated rings. The van der Waals surface area contributed by atoms with Crippen LogP contribution in [0.5, 0.6) is 0 Å². The summed E-state index contributed by atoms with van der Waals surface area (Å²) in [7, 11) is 0. The highest BCUT2D eigenvalue weighted by molar-refractivity contribution is 5.90. The van der Waals surface area contributed by atoms with Gasteiger partial charge in [-0.2, -0.15) is 13.2 Å². The number of rotatable bonds is 2. The fourth-order valence-corrected chi connectivity index (χ4v) is 3.17. The summed E-state index contributed by atoms with van der Waals surface area (Å²) in [5.41, 5.74) is 0. The van der Waals surface area contributed by atoms with Crippen molar-refractivity contribution < 1.29 is 22.8 Å². The van der Waals surface area contributed by atoms with Crippen LogP contribution in [0.2, 0.25) is 0 Å². The average Bonchev–Trinajstić information content (AvgIpc) is 3.04. The maximum absolute atomic E-state index is 12.5. The molecular weight excluding hydrogens is 273 g/mol. The Bertz CT molecular complexity index is 398. The number of hydrogen-bond acceptors (Lipinski definition) is 2. The fourth-order valence-electron chi connectivity index (χ4n) is 3.17. The Balaban J connectivity index is 2.11. The van der Waals surface area contributed by atoms with E-state index < -0.39 is 18.1 Å². The third-order valence-electron chi connectivity index (χ3n) is 4.17. The molecule has 0 saturated carbocycles. The lowest BCUT2D eigenvalue weighted by Crippen LogP contribution is -2.52. The molecule has 0 spiro atoms. The molecule has 2 aliphatic rings. The second kappa shape index (κ2) is 5.61. The first-order chi connectivity index (χ1) is 9.36. The van der Waals surface area contributed by atoms with Crippen LogP contribution in [0.25, 0.3) is 0 Å². The van der Waals surface area contributed by atoms with Gasteiger partial charge in [0.15, 0.2) is 0 Å². The Hall–Kier alpha value is -1.27. The Morgan fingerprint density at radius 1 is 1.10 bits per heavy atom. The molecule has 114 valence electrons. The zero-order valence-corrected chi connectivity index (χ0v) is 11.4. The molecule has 0 bridgehead atoms. The van der Waals surface area contributed by atoms with Gasteiger partial charge in [-0.1, -0.05) is 6.92 Å². The van der Waals surface area contributed by atoms with Crippen LogP contribution in [-0.4, -0.2) is 53.0 Å². The van der Waals surface area contributed by atoms with E-state index in [4.69, 9.17) is 0 Å². The first kappa shape index (κ1) is 15.1. The van der Waals surface area contributed by atoms with E-state index in [1.807, 2.05) is 6.92 Å². The lowest BCUT2D eigenvalue weighted by atomic mass is 10.1. The SMILES string of the molecule is CCC1CCCN1C(=O)C1CCCN1C(=O)C(F)(F)F. The lowest BCUT2D eigenvalue weighted by Gasteiger charge is -2.31. The lowest BCUT2D eigenvalue weighted by molar-refractivity contribution is -0.187. The maximum atomic E-state index is 12.5. The van der Waals surface area contributed by atoms with E-state index in [1.165, 1.54) is 0 Å². The summed E-state index contributed by atoms with van der Waals surface area (Å²) in [4.78, 5) is 26.2. The van der Waals surface area contributed by atoms with E-state index >= 15 is 0 Å². The summed E-state index contributed by atoms with van der Waals surface area (Å²) >= 11 is 0. The van der Waals surface area contributed by atoms with Crippen LogP contribution >= 0.6 is 0 Å². The molecule has 0 aromatic heterocycles. The summed E-state index contributed by atoms with van der Waals surface area (Å²) in [6, 6.07) is -0.831. The number of hydrogen-bond donors (Lipinski definition) is 0. The quantitative estimate of drug-likeness (QED) is 0.780. The number of alkyl halides is 3. The van der Waals surface area contributed by atoms with Gasteiger partial charge in [0.2, 0.25) is 5.91 Å². The minimum absolute atomic E-state index is 0.0133. The standard InChI is InChI=1S/C13H19F3N2O2/c1-2-9-5-3-7-17(9)11(19)10-6-4-8-18(10)12(20)13(14,15)16/h9-10H,2-8H2,1H3. The molecule has 7 heteroatoms. The van der Waals surface area contributed by atoms with Crippen molar-refractivity contribution in [3.63, 3.8) is 0 Å². The summed E-state index contributed by atoms with van der Waals surface area (Å²) in [5, 5.41) is 0. The molecule has 2 rings (SSSR count). The highest BCUT2D eigenvalue weighted by atomic mass is 19.4. The zero-order chi connectivity index (χ0) is 14.9. The topological polar surface area (TPSA) is 40.6 Å². The largest absolute Gasteiger partial charge is 0.471 e. The van der Waals surface area contributed by atoms with Gasteiger partial charge in [-0.25, -0.2) is 0 Å². The third-order valence-corrected chi connectivity index (χ3v) is 4.17. The van der Waals surface area contributed by atoms with Gasteiger partial charge in [0, 0.05) is 19.1 Å². The van der Waals surface area contributed by atoms with Crippen LogP contribution < -0.4 is 0 Å². The van der Waals surface area contributed by atoms with Crippen molar-refractivity contribution in [1.82, 2.24) is 9.80 Å². The third kappa shape index (κ3) is 2.76. The number of likely N-dealkylation sites (tertiary alicyclic amines) is 2. The second-order valence-corrected chi connectivity index (χ2v) is 5.39. The maximum Gasteiger partial charge on any atom is 0.471 e. The van der Waals surface area contributed by atoms with Gasteiger partial charge in [0.25, 0.3) is 0 Å². The van der Waals surface area contributed by atoms with Gasteiger partial charge < -0.3 is 9.80 Å². The van der Waals surface area contributed by atoms with Gasteiger partial charge in [0.1, 0.15) is 6.04 Å². The molecule has 2 amide bonds. The normalized spacial score (nSPS) is 27.2. The van der Waals surface area contributed by atoms with Gasteiger partial charge in [-0.15, -0.1) is 0 Å². The number of carbonyl (C=O) groups excluding carboxylic acids is 2. The molecule has 4 nitrogen and oxygen atoms in total. The Morgan fingerprint density at radius 2 is 1.70 bits per heavy atom. The molecule has 2 aliphatic heterocycles. The van der Waals surface area contributed by atoms with Crippen molar-refractivity contribution in [2.75, 3.05) is 13.1 Å². The van der Waals surface area contributed by atoms with E-state index in [1.54, 1.807) is 4.90 Å². The molecule has 0 aliphatic carbocycles. The Labute approximate surface area is 115 Å². The minimum atomic E-state index is -4.90. The van der Waals surface area contributed by atoms with Gasteiger partial charge >= 0.3 is 12.1 Å². The van der Waals surface area contributed by atoms with E-state index in [2.05, 4.69) is 0 Å². The highest BCUT2D eigenvalue weighted by Crippen LogP contribution is 2.29. The number of amides is 2. The predicted molar refractivity (Wildman–Crippen MR) is 65.8 cm³/mol. The van der Waals surface area contributed by atoms with Crippen molar-refractivity contribution in [3.8, 4) is 0 Å². The summed E-state index contributed by atoms with van der Waals surface area (Å²) in [6.45, 7) is 2.56. The predicted octanol–water partition coefficient (Wildman–Crippen LogP) is 1.94. The van der Waals surface area contributed by atoms with Crippen molar-refractivity contribution in [1.29, 1.82) is 0 Å².